The second kappa shape index (κ2) is 8.44. The molecule has 2 aliphatic heterocycles. The summed E-state index contributed by atoms with van der Waals surface area (Å²) in [5, 5.41) is 0. The first-order chi connectivity index (χ1) is 12.4. The number of carbonyl (C=O) groups excluding carboxylic acids is 1. The Hall–Kier alpha value is 0.0800. The first-order valence-electron chi connectivity index (χ1n) is 10.3. The Bertz CT molecular complexity index is 535. The number of hydrogen-bond donors (Lipinski definition) is 0. The Labute approximate surface area is 178 Å². The van der Waals surface area contributed by atoms with Crippen molar-refractivity contribution >= 4 is 28.6 Å². The third kappa shape index (κ3) is 4.64. The largest absolute Gasteiger partial charge is 0.455 e. The van der Waals surface area contributed by atoms with Gasteiger partial charge in [0.05, 0.1) is 24.2 Å². The minimum absolute atomic E-state index is 0.177. The molecule has 0 radical (unpaired) electrons. The molecule has 0 aliphatic carbocycles. The Morgan fingerprint density at radius 3 is 2.30 bits per heavy atom. The smallest absolute Gasteiger partial charge is 0.311 e. The Morgan fingerprint density at radius 2 is 1.70 bits per heavy atom. The summed E-state index contributed by atoms with van der Waals surface area (Å²) < 4.78 is 23.9. The first-order valence-corrected chi connectivity index (χ1v) is 11.4. The van der Waals surface area contributed by atoms with Crippen molar-refractivity contribution < 1.29 is 23.7 Å². The lowest BCUT2D eigenvalue weighted by Crippen LogP contribution is -2.54. The predicted octanol–water partition coefficient (Wildman–Crippen LogP) is 5.03. The van der Waals surface area contributed by atoms with E-state index in [1.54, 1.807) is 0 Å². The number of carbonyl (C=O) groups is 1. The molecule has 2 unspecified atom stereocenters. The van der Waals surface area contributed by atoms with E-state index in [9.17, 15) is 4.79 Å². The fourth-order valence-electron chi connectivity index (χ4n) is 3.99. The summed E-state index contributed by atoms with van der Waals surface area (Å²) in [7, 11) is 0. The molecule has 27 heavy (non-hydrogen) atoms. The number of unbranched alkanes of at least 4 members (excludes halogenated alkanes) is 1. The van der Waals surface area contributed by atoms with Gasteiger partial charge in [-0.05, 0) is 70.1 Å². The second-order valence-corrected chi connectivity index (χ2v) is 11.0. The topological polar surface area (TPSA) is 54.0 Å². The number of halogens is 1. The van der Waals surface area contributed by atoms with Gasteiger partial charge in [-0.15, -0.1) is 0 Å². The number of ether oxygens (including phenoxy) is 4. The van der Waals surface area contributed by atoms with Crippen LogP contribution in [0.5, 0.6) is 0 Å². The molecule has 2 fully saturated rings. The molecule has 0 aromatic carbocycles. The van der Waals surface area contributed by atoms with Crippen molar-refractivity contribution in [3.05, 3.63) is 0 Å². The van der Waals surface area contributed by atoms with Crippen LogP contribution in [0.15, 0.2) is 0 Å². The summed E-state index contributed by atoms with van der Waals surface area (Å²) in [5.41, 5.74) is -1.38. The van der Waals surface area contributed by atoms with Gasteiger partial charge < -0.3 is 18.9 Å². The molecule has 5 nitrogen and oxygen atoms in total. The van der Waals surface area contributed by atoms with Crippen LogP contribution in [-0.2, 0) is 23.7 Å². The van der Waals surface area contributed by atoms with Crippen LogP contribution in [0, 0.1) is 5.41 Å². The van der Waals surface area contributed by atoms with Gasteiger partial charge in [-0.25, -0.2) is 0 Å². The summed E-state index contributed by atoms with van der Waals surface area (Å²) in [6.07, 6.45) is 4.30. The van der Waals surface area contributed by atoms with Gasteiger partial charge in [0.15, 0.2) is 9.71 Å². The monoisotopic (exact) mass is 496 g/mol. The number of fused-ring (bicyclic) bond motifs is 1. The van der Waals surface area contributed by atoms with Crippen molar-refractivity contribution in [2.45, 2.75) is 108 Å². The van der Waals surface area contributed by atoms with Crippen LogP contribution in [0.3, 0.4) is 0 Å². The van der Waals surface area contributed by atoms with E-state index < -0.39 is 20.7 Å². The predicted molar refractivity (Wildman–Crippen MR) is 114 cm³/mol. The molecule has 2 rings (SSSR count). The lowest BCUT2D eigenvalue weighted by Gasteiger charge is -2.38. The van der Waals surface area contributed by atoms with Gasteiger partial charge in [0, 0.05) is 0 Å². The zero-order valence-electron chi connectivity index (χ0n) is 18.0. The van der Waals surface area contributed by atoms with Crippen LogP contribution in [0.2, 0.25) is 0 Å². The highest BCUT2D eigenvalue weighted by Crippen LogP contribution is 2.54. The quantitative estimate of drug-likeness (QED) is 0.255. The Morgan fingerprint density at radius 1 is 1.07 bits per heavy atom. The van der Waals surface area contributed by atoms with Crippen LogP contribution in [-0.4, -0.2) is 46.2 Å². The average molecular weight is 496 g/mol. The van der Waals surface area contributed by atoms with Crippen LogP contribution in [0.1, 0.15) is 80.6 Å². The molecule has 4 atom stereocenters. The lowest BCUT2D eigenvalue weighted by atomic mass is 9.87. The molecule has 0 aromatic rings. The van der Waals surface area contributed by atoms with E-state index in [-0.39, 0.29) is 17.7 Å². The molecular formula is C21H37IO5. The third-order valence-corrected chi connectivity index (χ3v) is 8.03. The van der Waals surface area contributed by atoms with Crippen molar-refractivity contribution in [1.29, 1.82) is 0 Å². The van der Waals surface area contributed by atoms with Crippen LogP contribution < -0.4 is 0 Å². The molecule has 0 aromatic heterocycles. The summed E-state index contributed by atoms with van der Waals surface area (Å²) in [6, 6.07) is 0. The summed E-state index contributed by atoms with van der Waals surface area (Å²) in [6.45, 7) is 15.2. The normalized spacial score (nSPS) is 33.9. The van der Waals surface area contributed by atoms with Crippen LogP contribution in [0.4, 0.5) is 0 Å². The van der Waals surface area contributed by atoms with Crippen LogP contribution in [0.25, 0.3) is 0 Å². The van der Waals surface area contributed by atoms with Crippen molar-refractivity contribution in [3.8, 4) is 0 Å². The number of hydrogen-bond acceptors (Lipinski definition) is 5. The molecule has 2 aliphatic rings. The van der Waals surface area contributed by atoms with Gasteiger partial charge in [-0.1, -0.05) is 33.1 Å². The van der Waals surface area contributed by atoms with E-state index in [2.05, 4.69) is 50.3 Å². The molecule has 158 valence electrons. The molecule has 0 saturated carbocycles. The standard InChI is InChI=1S/C21H37IO5/c1-8-10-12-18(3,4)17(23)26-16-14-24-20(7)15(13-25-21(16,20)22)27-19(5,6)11-9-2/h15-16H,8-14H2,1-7H3/t15?,16?,20-,21-/m1/s1. The van der Waals surface area contributed by atoms with E-state index in [0.717, 1.165) is 32.1 Å². The fourth-order valence-corrected chi connectivity index (χ4v) is 4.98. The summed E-state index contributed by atoms with van der Waals surface area (Å²) in [5.74, 6) is -0.177. The number of esters is 1. The van der Waals surface area contributed by atoms with Crippen molar-refractivity contribution in [2.24, 2.45) is 5.41 Å². The van der Waals surface area contributed by atoms with E-state index >= 15 is 0 Å². The summed E-state index contributed by atoms with van der Waals surface area (Å²) >= 11 is 2.27. The Balaban J connectivity index is 2.09. The zero-order chi connectivity index (χ0) is 20.5. The van der Waals surface area contributed by atoms with Gasteiger partial charge in [-0.2, -0.15) is 0 Å². The maximum absolute atomic E-state index is 12.8. The number of rotatable bonds is 9. The highest BCUT2D eigenvalue weighted by Gasteiger charge is 2.69. The zero-order valence-corrected chi connectivity index (χ0v) is 20.2. The molecule has 2 heterocycles. The minimum Gasteiger partial charge on any atom is -0.455 e. The van der Waals surface area contributed by atoms with Crippen LogP contribution >= 0.6 is 22.6 Å². The Kier molecular flexibility index (Phi) is 7.30. The van der Waals surface area contributed by atoms with Gasteiger partial charge in [0.25, 0.3) is 0 Å². The van der Waals surface area contributed by atoms with Crippen molar-refractivity contribution in [2.75, 3.05) is 13.2 Å². The van der Waals surface area contributed by atoms with Gasteiger partial charge >= 0.3 is 5.97 Å². The minimum atomic E-state index is -0.728. The van der Waals surface area contributed by atoms with E-state index in [4.69, 9.17) is 18.9 Å². The number of alkyl halides is 1. The second-order valence-electron chi connectivity index (χ2n) is 9.37. The fraction of sp³-hybridized carbons (Fsp3) is 0.952. The molecular weight excluding hydrogens is 459 g/mol. The highest BCUT2D eigenvalue weighted by molar-refractivity contribution is 14.1. The van der Waals surface area contributed by atoms with Crippen molar-refractivity contribution in [1.82, 2.24) is 0 Å². The lowest BCUT2D eigenvalue weighted by molar-refractivity contribution is -0.165. The molecule has 0 spiro atoms. The van der Waals surface area contributed by atoms with Gasteiger partial charge in [0.1, 0.15) is 11.7 Å². The van der Waals surface area contributed by atoms with E-state index in [1.165, 1.54) is 0 Å². The van der Waals surface area contributed by atoms with Gasteiger partial charge in [0.2, 0.25) is 0 Å². The molecule has 0 bridgehead atoms. The molecule has 2 saturated heterocycles. The summed E-state index contributed by atoms with van der Waals surface area (Å²) in [4.78, 5) is 12.8. The SMILES string of the molecule is CCCCC(C)(C)C(=O)OC1CO[C@]2(C)C(OC(C)(C)CCC)CO[C@]12I. The van der Waals surface area contributed by atoms with Gasteiger partial charge in [-0.3, -0.25) is 4.79 Å². The maximum Gasteiger partial charge on any atom is 0.311 e. The maximum atomic E-state index is 12.8. The molecule has 0 amide bonds. The van der Waals surface area contributed by atoms with Crippen molar-refractivity contribution in [3.63, 3.8) is 0 Å². The van der Waals surface area contributed by atoms with E-state index in [0.29, 0.717) is 13.2 Å². The van der Waals surface area contributed by atoms with E-state index in [1.807, 2.05) is 20.8 Å². The third-order valence-electron chi connectivity index (χ3n) is 5.96. The molecule has 6 heteroatoms. The first kappa shape index (κ1) is 23.4. The highest BCUT2D eigenvalue weighted by atomic mass is 127. The average Bonchev–Trinajstić information content (AvgIpc) is 2.96. The molecule has 0 N–H and O–H groups in total.